The van der Waals surface area contributed by atoms with E-state index in [1.165, 1.54) is 25.7 Å². The number of unbranched alkanes of at least 4 members (excludes halogenated alkanes) is 2. The summed E-state index contributed by atoms with van der Waals surface area (Å²) in [6.45, 7) is 8.29. The highest BCUT2D eigenvalue weighted by molar-refractivity contribution is 4.73. The molecule has 0 N–H and O–H groups in total. The number of rotatable bonds is 5. The van der Waals surface area contributed by atoms with Gasteiger partial charge in [0, 0.05) is 0 Å². The molecule has 1 rings (SSSR count). The van der Waals surface area contributed by atoms with Gasteiger partial charge in [-0.15, -0.1) is 0 Å². The zero-order valence-corrected chi connectivity index (χ0v) is 9.50. The van der Waals surface area contributed by atoms with Gasteiger partial charge in [-0.2, -0.15) is 0 Å². The molecule has 0 spiro atoms. The fraction of sp³-hybridized carbons (Fsp3) is 0.917. The molecule has 83 valence electrons. The van der Waals surface area contributed by atoms with Crippen molar-refractivity contribution >= 4 is 0 Å². The van der Waals surface area contributed by atoms with Crippen LogP contribution in [0.4, 0.5) is 0 Å². The van der Waals surface area contributed by atoms with Crippen molar-refractivity contribution < 1.29 is 9.47 Å². The van der Waals surface area contributed by atoms with Gasteiger partial charge in [0.1, 0.15) is 0 Å². The van der Waals surface area contributed by atoms with E-state index in [-0.39, 0.29) is 12.4 Å². The quantitative estimate of drug-likeness (QED) is 0.632. The summed E-state index contributed by atoms with van der Waals surface area (Å²) in [5.74, 6) is 0. The maximum Gasteiger partial charge on any atom is 0.158 e. The van der Waals surface area contributed by atoms with Gasteiger partial charge in [0.15, 0.2) is 6.29 Å². The molecule has 0 aliphatic carbocycles. The second kappa shape index (κ2) is 6.41. The molecule has 0 saturated carbocycles. The number of hydrogen-bond acceptors (Lipinski definition) is 2. The molecule has 2 nitrogen and oxygen atoms in total. The third kappa shape index (κ3) is 3.97. The molecule has 2 heteroatoms. The van der Waals surface area contributed by atoms with Crippen LogP contribution in [0.15, 0.2) is 0 Å². The molecule has 0 aromatic carbocycles. The monoisotopic (exact) mass is 199 g/mol. The van der Waals surface area contributed by atoms with Crippen LogP contribution in [0, 0.1) is 6.92 Å². The van der Waals surface area contributed by atoms with Crippen LogP contribution in [0.25, 0.3) is 0 Å². The minimum absolute atomic E-state index is 0.0159. The van der Waals surface area contributed by atoms with E-state index >= 15 is 0 Å². The largest absolute Gasteiger partial charge is 0.349 e. The first kappa shape index (κ1) is 12.0. The molecule has 0 bridgehead atoms. The van der Waals surface area contributed by atoms with E-state index in [4.69, 9.17) is 9.47 Å². The Labute approximate surface area is 88.0 Å². The summed E-state index contributed by atoms with van der Waals surface area (Å²) in [7, 11) is 0. The van der Waals surface area contributed by atoms with Crippen LogP contribution < -0.4 is 0 Å². The van der Waals surface area contributed by atoms with Crippen LogP contribution in [0.5, 0.6) is 0 Å². The molecule has 1 saturated heterocycles. The lowest BCUT2D eigenvalue weighted by Crippen LogP contribution is -2.36. The molecule has 1 fully saturated rings. The normalized spacial score (nSPS) is 33.2. The Balaban J connectivity index is 2.23. The maximum atomic E-state index is 5.79. The topological polar surface area (TPSA) is 18.5 Å². The highest BCUT2D eigenvalue weighted by atomic mass is 16.7. The second-order valence-electron chi connectivity index (χ2n) is 4.09. The third-order valence-electron chi connectivity index (χ3n) is 2.68. The van der Waals surface area contributed by atoms with Crippen LogP contribution >= 0.6 is 0 Å². The fourth-order valence-electron chi connectivity index (χ4n) is 1.87. The summed E-state index contributed by atoms with van der Waals surface area (Å²) in [6.07, 6.45) is 7.38. The summed E-state index contributed by atoms with van der Waals surface area (Å²) in [6, 6.07) is 0. The third-order valence-corrected chi connectivity index (χ3v) is 2.68. The molecule has 0 unspecified atom stereocenters. The van der Waals surface area contributed by atoms with E-state index in [0.29, 0.717) is 6.10 Å². The van der Waals surface area contributed by atoms with E-state index in [2.05, 4.69) is 20.8 Å². The maximum absolute atomic E-state index is 5.79. The van der Waals surface area contributed by atoms with E-state index in [1.54, 1.807) is 0 Å². The zero-order chi connectivity index (χ0) is 10.4. The highest BCUT2D eigenvalue weighted by Gasteiger charge is 2.25. The predicted molar refractivity (Wildman–Crippen MR) is 57.9 cm³/mol. The average molecular weight is 199 g/mol. The fourth-order valence-corrected chi connectivity index (χ4v) is 1.87. The van der Waals surface area contributed by atoms with Crippen molar-refractivity contribution in [1.29, 1.82) is 0 Å². The van der Waals surface area contributed by atoms with Crippen molar-refractivity contribution in [2.24, 2.45) is 0 Å². The van der Waals surface area contributed by atoms with Gasteiger partial charge >= 0.3 is 0 Å². The molecule has 1 heterocycles. The van der Waals surface area contributed by atoms with Gasteiger partial charge in [-0.05, 0) is 26.2 Å². The van der Waals surface area contributed by atoms with Gasteiger partial charge < -0.3 is 9.47 Å². The smallest absolute Gasteiger partial charge is 0.158 e. The number of hydrogen-bond donors (Lipinski definition) is 0. The van der Waals surface area contributed by atoms with Crippen molar-refractivity contribution in [3.63, 3.8) is 0 Å². The molecule has 1 aliphatic rings. The van der Waals surface area contributed by atoms with Crippen LogP contribution in [0.3, 0.4) is 0 Å². The SMILES string of the molecule is [CH2][C@@H]1C[C@H](CCCCC)O[C@H](CC)O1. The molecule has 1 aliphatic heterocycles. The Morgan fingerprint density at radius 2 is 2.00 bits per heavy atom. The van der Waals surface area contributed by atoms with Gasteiger partial charge in [-0.25, -0.2) is 0 Å². The Morgan fingerprint density at radius 1 is 1.21 bits per heavy atom. The summed E-state index contributed by atoms with van der Waals surface area (Å²) in [5, 5.41) is 0. The van der Waals surface area contributed by atoms with Crippen molar-refractivity contribution in [1.82, 2.24) is 0 Å². The molecule has 0 aromatic heterocycles. The summed E-state index contributed by atoms with van der Waals surface area (Å²) >= 11 is 0. The van der Waals surface area contributed by atoms with Gasteiger partial charge in [-0.3, -0.25) is 0 Å². The minimum atomic E-state index is -0.0159. The van der Waals surface area contributed by atoms with Crippen molar-refractivity contribution in [2.45, 2.75) is 70.9 Å². The zero-order valence-electron chi connectivity index (χ0n) is 9.50. The summed E-state index contributed by atoms with van der Waals surface area (Å²) < 4.78 is 11.3. The molecule has 0 aromatic rings. The lowest BCUT2D eigenvalue weighted by molar-refractivity contribution is -0.234. The van der Waals surface area contributed by atoms with Crippen LogP contribution in [0.1, 0.15) is 52.4 Å². The molecular weight excluding hydrogens is 176 g/mol. The molecular formula is C12H23O2. The molecule has 3 atom stereocenters. The van der Waals surface area contributed by atoms with Gasteiger partial charge in [0.05, 0.1) is 12.2 Å². The first-order chi connectivity index (χ1) is 6.76. The van der Waals surface area contributed by atoms with Crippen molar-refractivity contribution in [3.05, 3.63) is 6.92 Å². The van der Waals surface area contributed by atoms with Crippen molar-refractivity contribution in [3.8, 4) is 0 Å². The first-order valence-electron chi connectivity index (χ1n) is 5.90. The van der Waals surface area contributed by atoms with Crippen LogP contribution in [-0.4, -0.2) is 18.5 Å². The van der Waals surface area contributed by atoms with E-state index < -0.39 is 0 Å². The van der Waals surface area contributed by atoms with Gasteiger partial charge in [0.25, 0.3) is 0 Å². The molecule has 1 radical (unpaired) electrons. The number of ether oxygens (including phenoxy) is 2. The Bertz CT molecular complexity index is 147. The van der Waals surface area contributed by atoms with Crippen LogP contribution in [0.2, 0.25) is 0 Å². The standard InChI is InChI=1S/C12H23O2/c1-4-6-7-8-11-9-10(3)13-12(5-2)14-11/h10-12H,3-9H2,1-2H3/t10-,11+,12-/m1/s1. The molecule has 0 amide bonds. The van der Waals surface area contributed by atoms with Crippen LogP contribution in [-0.2, 0) is 9.47 Å². The second-order valence-corrected chi connectivity index (χ2v) is 4.09. The van der Waals surface area contributed by atoms with Crippen molar-refractivity contribution in [2.75, 3.05) is 0 Å². The Hall–Kier alpha value is -0.0800. The minimum Gasteiger partial charge on any atom is -0.349 e. The Morgan fingerprint density at radius 3 is 2.64 bits per heavy atom. The molecule has 14 heavy (non-hydrogen) atoms. The predicted octanol–water partition coefficient (Wildman–Crippen LogP) is 3.31. The van der Waals surface area contributed by atoms with E-state index in [0.717, 1.165) is 12.8 Å². The summed E-state index contributed by atoms with van der Waals surface area (Å²) in [5.41, 5.74) is 0. The van der Waals surface area contributed by atoms with Gasteiger partial charge in [-0.1, -0.05) is 33.1 Å². The summed E-state index contributed by atoms with van der Waals surface area (Å²) in [4.78, 5) is 0. The lowest BCUT2D eigenvalue weighted by Gasteiger charge is -2.33. The van der Waals surface area contributed by atoms with E-state index in [9.17, 15) is 0 Å². The Kier molecular flexibility index (Phi) is 5.49. The van der Waals surface area contributed by atoms with E-state index in [1.807, 2.05) is 0 Å². The first-order valence-corrected chi connectivity index (χ1v) is 5.90. The highest BCUT2D eigenvalue weighted by Crippen LogP contribution is 2.23. The average Bonchev–Trinajstić information content (AvgIpc) is 2.17. The lowest BCUT2D eigenvalue weighted by atomic mass is 10.0. The van der Waals surface area contributed by atoms with Gasteiger partial charge in [0.2, 0.25) is 0 Å².